The Labute approximate surface area is 94.3 Å². The molecule has 15 heavy (non-hydrogen) atoms. The molecule has 0 saturated carbocycles. The van der Waals surface area contributed by atoms with Crippen LogP contribution in [0.25, 0.3) is 0 Å². The van der Waals surface area contributed by atoms with Crippen molar-refractivity contribution in [2.75, 3.05) is 0 Å². The first-order valence-corrected chi connectivity index (χ1v) is 6.30. The van der Waals surface area contributed by atoms with Gasteiger partial charge in [0, 0.05) is 4.88 Å². The van der Waals surface area contributed by atoms with Crippen LogP contribution < -0.4 is 0 Å². The fourth-order valence-electron chi connectivity index (χ4n) is 1.85. The number of rotatable bonds is 3. The van der Waals surface area contributed by atoms with Crippen LogP contribution in [0.4, 0.5) is 0 Å². The van der Waals surface area contributed by atoms with Gasteiger partial charge in [-0.2, -0.15) is 0 Å². The van der Waals surface area contributed by atoms with Crippen LogP contribution in [0.5, 0.6) is 0 Å². The Bertz CT molecular complexity index is 356. The molecule has 0 aliphatic carbocycles. The summed E-state index contributed by atoms with van der Waals surface area (Å²) < 4.78 is 5.58. The van der Waals surface area contributed by atoms with Gasteiger partial charge in [0.25, 0.3) is 0 Å². The van der Waals surface area contributed by atoms with Crippen molar-refractivity contribution in [3.05, 3.63) is 21.9 Å². The highest BCUT2D eigenvalue weighted by molar-refractivity contribution is 7.14. The standard InChI is InChI=1S/C12H16O2S/c1-3-9-5-7-11(15-9)12(13)10-6-4-8(2)14-10/h5,7-8,10H,3-4,6H2,1-2H3. The number of carbonyl (C=O) groups is 1. The number of hydrogen-bond acceptors (Lipinski definition) is 3. The number of aryl methyl sites for hydroxylation is 1. The van der Waals surface area contributed by atoms with Crippen LogP contribution in [-0.4, -0.2) is 18.0 Å². The van der Waals surface area contributed by atoms with E-state index in [1.165, 1.54) is 4.88 Å². The number of carbonyl (C=O) groups excluding carboxylic acids is 1. The molecule has 1 aliphatic heterocycles. The van der Waals surface area contributed by atoms with Gasteiger partial charge in [-0.1, -0.05) is 6.92 Å². The van der Waals surface area contributed by atoms with E-state index in [1.807, 2.05) is 19.1 Å². The second-order valence-corrected chi connectivity index (χ2v) is 5.16. The van der Waals surface area contributed by atoms with Crippen molar-refractivity contribution in [1.29, 1.82) is 0 Å². The number of ether oxygens (including phenoxy) is 1. The van der Waals surface area contributed by atoms with Gasteiger partial charge in [-0.15, -0.1) is 11.3 Å². The first kappa shape index (κ1) is 10.8. The summed E-state index contributed by atoms with van der Waals surface area (Å²) in [6.45, 7) is 4.13. The van der Waals surface area contributed by atoms with E-state index in [9.17, 15) is 4.79 Å². The van der Waals surface area contributed by atoms with Crippen LogP contribution in [0.1, 0.15) is 41.2 Å². The second-order valence-electron chi connectivity index (χ2n) is 4.00. The van der Waals surface area contributed by atoms with Crippen molar-refractivity contribution in [2.45, 2.75) is 45.3 Å². The van der Waals surface area contributed by atoms with Crippen LogP contribution in [-0.2, 0) is 11.2 Å². The highest BCUT2D eigenvalue weighted by Crippen LogP contribution is 2.25. The molecule has 0 N–H and O–H groups in total. The van der Waals surface area contributed by atoms with E-state index < -0.39 is 0 Å². The summed E-state index contributed by atoms with van der Waals surface area (Å²) in [4.78, 5) is 14.1. The van der Waals surface area contributed by atoms with Crippen molar-refractivity contribution in [3.63, 3.8) is 0 Å². The molecule has 1 aromatic heterocycles. The summed E-state index contributed by atoms with van der Waals surface area (Å²) in [7, 11) is 0. The van der Waals surface area contributed by atoms with Gasteiger partial charge in [0.2, 0.25) is 5.78 Å². The average Bonchev–Trinajstić information content (AvgIpc) is 2.84. The van der Waals surface area contributed by atoms with Crippen molar-refractivity contribution in [1.82, 2.24) is 0 Å². The maximum absolute atomic E-state index is 12.0. The molecule has 0 spiro atoms. The maximum atomic E-state index is 12.0. The smallest absolute Gasteiger partial charge is 0.201 e. The molecule has 2 nitrogen and oxygen atoms in total. The molecule has 3 heteroatoms. The van der Waals surface area contributed by atoms with Crippen LogP contribution in [0.15, 0.2) is 12.1 Å². The van der Waals surface area contributed by atoms with E-state index in [2.05, 4.69) is 6.92 Å². The molecule has 2 atom stereocenters. The minimum absolute atomic E-state index is 0.170. The van der Waals surface area contributed by atoms with Gasteiger partial charge in [-0.25, -0.2) is 0 Å². The van der Waals surface area contributed by atoms with Crippen molar-refractivity contribution < 1.29 is 9.53 Å². The van der Waals surface area contributed by atoms with Gasteiger partial charge >= 0.3 is 0 Å². The van der Waals surface area contributed by atoms with Gasteiger partial charge < -0.3 is 4.74 Å². The normalized spacial score (nSPS) is 25.7. The summed E-state index contributed by atoms with van der Waals surface area (Å²) in [6.07, 6.45) is 2.93. The minimum Gasteiger partial charge on any atom is -0.367 e. The summed E-state index contributed by atoms with van der Waals surface area (Å²) in [5.74, 6) is 0.170. The van der Waals surface area contributed by atoms with Crippen molar-refractivity contribution >= 4 is 17.1 Å². The fourth-order valence-corrected chi connectivity index (χ4v) is 2.79. The highest BCUT2D eigenvalue weighted by atomic mass is 32.1. The Kier molecular flexibility index (Phi) is 3.22. The number of ketones is 1. The first-order chi connectivity index (χ1) is 7.20. The molecule has 1 fully saturated rings. The van der Waals surface area contributed by atoms with E-state index in [4.69, 9.17) is 4.74 Å². The van der Waals surface area contributed by atoms with E-state index >= 15 is 0 Å². The van der Waals surface area contributed by atoms with Crippen LogP contribution in [0.2, 0.25) is 0 Å². The first-order valence-electron chi connectivity index (χ1n) is 5.49. The minimum atomic E-state index is -0.191. The predicted molar refractivity (Wildman–Crippen MR) is 61.6 cm³/mol. The Hall–Kier alpha value is -0.670. The Morgan fingerprint density at radius 1 is 1.53 bits per heavy atom. The molecular weight excluding hydrogens is 208 g/mol. The van der Waals surface area contributed by atoms with E-state index in [1.54, 1.807) is 11.3 Å². The van der Waals surface area contributed by atoms with Crippen LogP contribution in [0.3, 0.4) is 0 Å². The zero-order chi connectivity index (χ0) is 10.8. The lowest BCUT2D eigenvalue weighted by atomic mass is 10.1. The molecule has 0 aromatic carbocycles. The van der Waals surface area contributed by atoms with Gasteiger partial charge in [-0.3, -0.25) is 4.79 Å². The SMILES string of the molecule is CCc1ccc(C(=O)C2CCC(C)O2)s1. The zero-order valence-corrected chi connectivity index (χ0v) is 9.97. The van der Waals surface area contributed by atoms with Gasteiger partial charge in [0.1, 0.15) is 6.10 Å². The third kappa shape index (κ3) is 2.29. The molecule has 2 rings (SSSR count). The monoisotopic (exact) mass is 224 g/mol. The third-order valence-electron chi connectivity index (χ3n) is 2.78. The molecule has 0 amide bonds. The predicted octanol–water partition coefficient (Wildman–Crippen LogP) is 3.06. The molecule has 1 aliphatic rings. The van der Waals surface area contributed by atoms with E-state index in [0.29, 0.717) is 0 Å². The van der Waals surface area contributed by atoms with Crippen molar-refractivity contribution in [2.24, 2.45) is 0 Å². The molecule has 0 bridgehead atoms. The second kappa shape index (κ2) is 4.45. The highest BCUT2D eigenvalue weighted by Gasteiger charge is 2.29. The molecule has 2 heterocycles. The number of hydrogen-bond donors (Lipinski definition) is 0. The molecule has 82 valence electrons. The Balaban J connectivity index is 2.07. The van der Waals surface area contributed by atoms with Gasteiger partial charge in [-0.05, 0) is 38.3 Å². The summed E-state index contributed by atoms with van der Waals surface area (Å²) in [5.41, 5.74) is 0. The molecular formula is C12H16O2S. The summed E-state index contributed by atoms with van der Waals surface area (Å²) >= 11 is 1.60. The zero-order valence-electron chi connectivity index (χ0n) is 9.16. The Morgan fingerprint density at radius 2 is 2.33 bits per heavy atom. The molecule has 2 unspecified atom stereocenters. The third-order valence-corrected chi connectivity index (χ3v) is 4.02. The lowest BCUT2D eigenvalue weighted by molar-refractivity contribution is 0.0437. The summed E-state index contributed by atoms with van der Waals surface area (Å²) in [5, 5.41) is 0. The van der Waals surface area contributed by atoms with Gasteiger partial charge in [0.05, 0.1) is 11.0 Å². The van der Waals surface area contributed by atoms with Gasteiger partial charge in [0.15, 0.2) is 0 Å². The Morgan fingerprint density at radius 3 is 2.87 bits per heavy atom. The lowest BCUT2D eigenvalue weighted by Crippen LogP contribution is -2.19. The maximum Gasteiger partial charge on any atom is 0.201 e. The summed E-state index contributed by atoms with van der Waals surface area (Å²) in [6, 6.07) is 3.97. The number of Topliss-reactive ketones (excluding diaryl/α,β-unsaturated/α-hetero) is 1. The molecule has 1 saturated heterocycles. The quantitative estimate of drug-likeness (QED) is 0.738. The van der Waals surface area contributed by atoms with E-state index in [0.717, 1.165) is 24.1 Å². The molecule has 0 radical (unpaired) electrons. The lowest BCUT2D eigenvalue weighted by Gasteiger charge is -2.07. The van der Waals surface area contributed by atoms with Crippen LogP contribution in [0, 0.1) is 0 Å². The topological polar surface area (TPSA) is 26.3 Å². The molecule has 1 aromatic rings. The fraction of sp³-hybridized carbons (Fsp3) is 0.583. The van der Waals surface area contributed by atoms with Crippen molar-refractivity contribution in [3.8, 4) is 0 Å². The number of thiophene rings is 1. The van der Waals surface area contributed by atoms with E-state index in [-0.39, 0.29) is 18.0 Å². The largest absolute Gasteiger partial charge is 0.367 e. The average molecular weight is 224 g/mol. The van der Waals surface area contributed by atoms with Crippen LogP contribution >= 0.6 is 11.3 Å².